The lowest BCUT2D eigenvalue weighted by Gasteiger charge is -2.40. The smallest absolute Gasteiger partial charge is 0.410 e. The third-order valence-electron chi connectivity index (χ3n) is 3.90. The molecule has 2 N–H and O–H groups in total. The average Bonchev–Trinajstić information content (AvgIpc) is 2.91. The Morgan fingerprint density at radius 2 is 2.10 bits per heavy atom. The molecular weight excluding hydrogens is 270 g/mol. The number of nitrogens with zero attached hydrogens (tertiary/aromatic N) is 1. The molecular formula is C13H22F2N2O3. The van der Waals surface area contributed by atoms with Gasteiger partial charge in [-0.05, 0) is 20.8 Å². The molecule has 1 saturated heterocycles. The van der Waals surface area contributed by atoms with E-state index < -0.39 is 29.1 Å². The molecule has 1 aliphatic carbocycles. The number of halogens is 2. The molecule has 1 heterocycles. The number of carbonyl (C=O) groups excluding carboxylic acids is 1. The zero-order valence-corrected chi connectivity index (χ0v) is 12.1. The fraction of sp³-hybridized carbons (Fsp3) is 0.923. The summed E-state index contributed by atoms with van der Waals surface area (Å²) >= 11 is 0. The minimum absolute atomic E-state index is 0.0754. The molecule has 2 fully saturated rings. The van der Waals surface area contributed by atoms with Crippen LogP contribution in [-0.4, -0.2) is 54.9 Å². The summed E-state index contributed by atoms with van der Waals surface area (Å²) in [5.74, 6) is -2.84. The Morgan fingerprint density at radius 1 is 1.50 bits per heavy atom. The normalized spacial score (nSPS) is 32.9. The van der Waals surface area contributed by atoms with Gasteiger partial charge in [0.05, 0.1) is 24.7 Å². The molecule has 20 heavy (non-hydrogen) atoms. The lowest BCUT2D eigenvalue weighted by atomic mass is 9.94. The molecule has 0 spiro atoms. The highest BCUT2D eigenvalue weighted by Gasteiger charge is 2.75. The molecule has 7 heteroatoms. The van der Waals surface area contributed by atoms with Gasteiger partial charge in [0.25, 0.3) is 5.92 Å². The van der Waals surface area contributed by atoms with Gasteiger partial charge in [-0.1, -0.05) is 0 Å². The van der Waals surface area contributed by atoms with Crippen LogP contribution in [0.1, 0.15) is 27.2 Å². The van der Waals surface area contributed by atoms with Crippen molar-refractivity contribution < 1.29 is 23.0 Å². The van der Waals surface area contributed by atoms with Crippen LogP contribution in [0.25, 0.3) is 0 Å². The van der Waals surface area contributed by atoms with E-state index in [1.54, 1.807) is 20.8 Å². The summed E-state index contributed by atoms with van der Waals surface area (Å²) in [4.78, 5) is 13.5. The first-order valence-corrected chi connectivity index (χ1v) is 6.78. The van der Waals surface area contributed by atoms with Crippen molar-refractivity contribution in [1.29, 1.82) is 0 Å². The van der Waals surface area contributed by atoms with Crippen molar-refractivity contribution >= 4 is 6.09 Å². The SMILES string of the molecule is CC(C)(C)OC(=O)N1CCOCC1C1(CN)CC1(F)F. The van der Waals surface area contributed by atoms with Crippen molar-refractivity contribution in [2.45, 2.75) is 44.8 Å². The molecule has 2 unspecified atom stereocenters. The number of rotatable bonds is 2. The van der Waals surface area contributed by atoms with Gasteiger partial charge in [-0.15, -0.1) is 0 Å². The summed E-state index contributed by atoms with van der Waals surface area (Å²) in [5, 5.41) is 0. The number of amides is 1. The van der Waals surface area contributed by atoms with E-state index in [9.17, 15) is 13.6 Å². The van der Waals surface area contributed by atoms with E-state index in [4.69, 9.17) is 15.2 Å². The second-order valence-electron chi connectivity index (χ2n) is 6.51. The van der Waals surface area contributed by atoms with Crippen LogP contribution in [0, 0.1) is 5.41 Å². The molecule has 0 aromatic carbocycles. The Labute approximate surface area is 117 Å². The van der Waals surface area contributed by atoms with E-state index >= 15 is 0 Å². The Hall–Kier alpha value is -0.950. The van der Waals surface area contributed by atoms with E-state index in [0.717, 1.165) is 0 Å². The lowest BCUT2D eigenvalue weighted by Crippen LogP contribution is -2.57. The van der Waals surface area contributed by atoms with Crippen LogP contribution in [0.4, 0.5) is 13.6 Å². The molecule has 0 aromatic rings. The van der Waals surface area contributed by atoms with Crippen molar-refractivity contribution in [2.24, 2.45) is 11.1 Å². The number of alkyl halides is 2. The van der Waals surface area contributed by atoms with Crippen LogP contribution in [0.3, 0.4) is 0 Å². The minimum Gasteiger partial charge on any atom is -0.444 e. The maximum absolute atomic E-state index is 13.7. The van der Waals surface area contributed by atoms with Crippen molar-refractivity contribution in [2.75, 3.05) is 26.3 Å². The van der Waals surface area contributed by atoms with Gasteiger partial charge < -0.3 is 15.2 Å². The molecule has 5 nitrogen and oxygen atoms in total. The van der Waals surface area contributed by atoms with Gasteiger partial charge >= 0.3 is 6.09 Å². The number of carbonyl (C=O) groups is 1. The van der Waals surface area contributed by atoms with Crippen LogP contribution < -0.4 is 5.73 Å². The predicted octanol–water partition coefficient (Wildman–Crippen LogP) is 1.61. The number of ether oxygens (including phenoxy) is 2. The standard InChI is InChI=1S/C13H22F2N2O3/c1-11(2,3)20-10(18)17-4-5-19-6-9(17)12(8-16)7-13(12,14)15/h9H,4-8,16H2,1-3H3. The van der Waals surface area contributed by atoms with Crippen LogP contribution in [0.15, 0.2) is 0 Å². The van der Waals surface area contributed by atoms with Crippen LogP contribution in [0.2, 0.25) is 0 Å². The number of morpholine rings is 1. The minimum atomic E-state index is -2.84. The van der Waals surface area contributed by atoms with Gasteiger partial charge in [-0.2, -0.15) is 0 Å². The summed E-state index contributed by atoms with van der Waals surface area (Å²) in [6, 6.07) is -0.730. The summed E-state index contributed by atoms with van der Waals surface area (Å²) in [5.41, 5.74) is 3.52. The van der Waals surface area contributed by atoms with Crippen LogP contribution >= 0.6 is 0 Å². The Bertz CT molecular complexity index is 398. The fourth-order valence-corrected chi connectivity index (χ4v) is 2.67. The first-order valence-electron chi connectivity index (χ1n) is 6.78. The van der Waals surface area contributed by atoms with Crippen LogP contribution in [-0.2, 0) is 9.47 Å². The highest BCUT2D eigenvalue weighted by atomic mass is 19.3. The summed E-state index contributed by atoms with van der Waals surface area (Å²) < 4.78 is 38.0. The first-order chi connectivity index (χ1) is 9.13. The quantitative estimate of drug-likeness (QED) is 0.839. The van der Waals surface area contributed by atoms with Gasteiger partial charge in [0, 0.05) is 19.5 Å². The highest BCUT2D eigenvalue weighted by Crippen LogP contribution is 2.63. The number of hydrogen-bond acceptors (Lipinski definition) is 4. The molecule has 116 valence electrons. The first kappa shape index (κ1) is 15.4. The van der Waals surface area contributed by atoms with Crippen molar-refractivity contribution in [3.63, 3.8) is 0 Å². The zero-order chi connectivity index (χ0) is 15.2. The molecule has 2 aliphatic rings. The van der Waals surface area contributed by atoms with E-state index in [1.807, 2.05) is 0 Å². The maximum atomic E-state index is 13.7. The zero-order valence-electron chi connectivity index (χ0n) is 12.1. The van der Waals surface area contributed by atoms with E-state index in [-0.39, 0.29) is 26.1 Å². The van der Waals surface area contributed by atoms with Gasteiger partial charge in [0.1, 0.15) is 5.60 Å². The third kappa shape index (κ3) is 2.61. The van der Waals surface area contributed by atoms with Crippen molar-refractivity contribution in [1.82, 2.24) is 4.90 Å². The maximum Gasteiger partial charge on any atom is 0.410 e. The third-order valence-corrected chi connectivity index (χ3v) is 3.90. The summed E-state index contributed by atoms with van der Waals surface area (Å²) in [6.07, 6.45) is -0.884. The number of hydrogen-bond donors (Lipinski definition) is 1. The number of nitrogens with two attached hydrogens (primary N) is 1. The van der Waals surface area contributed by atoms with Gasteiger partial charge in [0.15, 0.2) is 0 Å². The van der Waals surface area contributed by atoms with E-state index in [0.29, 0.717) is 6.61 Å². The molecule has 0 radical (unpaired) electrons. The fourth-order valence-electron chi connectivity index (χ4n) is 2.67. The predicted molar refractivity (Wildman–Crippen MR) is 68.6 cm³/mol. The van der Waals surface area contributed by atoms with Gasteiger partial charge in [-0.3, -0.25) is 4.90 Å². The molecule has 2 atom stereocenters. The Balaban J connectivity index is 2.16. The lowest BCUT2D eigenvalue weighted by molar-refractivity contribution is -0.0698. The van der Waals surface area contributed by atoms with Gasteiger partial charge in [0.2, 0.25) is 0 Å². The largest absolute Gasteiger partial charge is 0.444 e. The van der Waals surface area contributed by atoms with Gasteiger partial charge in [-0.25, -0.2) is 13.6 Å². The second kappa shape index (κ2) is 4.80. The van der Waals surface area contributed by atoms with E-state index in [2.05, 4.69) is 0 Å². The molecule has 0 bridgehead atoms. The highest BCUT2D eigenvalue weighted by molar-refractivity contribution is 5.69. The molecule has 1 aliphatic heterocycles. The molecule has 2 rings (SSSR count). The van der Waals surface area contributed by atoms with Crippen molar-refractivity contribution in [3.05, 3.63) is 0 Å². The van der Waals surface area contributed by atoms with Crippen LogP contribution in [0.5, 0.6) is 0 Å². The molecule has 1 saturated carbocycles. The summed E-state index contributed by atoms with van der Waals surface area (Å²) in [7, 11) is 0. The Kier molecular flexibility index (Phi) is 3.71. The van der Waals surface area contributed by atoms with E-state index in [1.165, 1.54) is 4.90 Å². The van der Waals surface area contributed by atoms with Crippen molar-refractivity contribution in [3.8, 4) is 0 Å². The second-order valence-corrected chi connectivity index (χ2v) is 6.51. The monoisotopic (exact) mass is 292 g/mol. The Morgan fingerprint density at radius 3 is 2.55 bits per heavy atom. The molecule has 1 amide bonds. The average molecular weight is 292 g/mol. The molecule has 0 aromatic heterocycles. The summed E-state index contributed by atoms with van der Waals surface area (Å²) in [6.45, 7) is 5.69. The topological polar surface area (TPSA) is 64.8 Å².